The van der Waals surface area contributed by atoms with Crippen molar-refractivity contribution >= 4 is 29.4 Å². The van der Waals surface area contributed by atoms with E-state index >= 15 is 0 Å². The predicted octanol–water partition coefficient (Wildman–Crippen LogP) is 2.57. The lowest BCUT2D eigenvalue weighted by Crippen LogP contribution is -2.15. The van der Waals surface area contributed by atoms with E-state index in [1.165, 1.54) is 14.2 Å². The van der Waals surface area contributed by atoms with Crippen LogP contribution in [0.2, 0.25) is 0 Å². The molecule has 0 aliphatic carbocycles. The van der Waals surface area contributed by atoms with Gasteiger partial charge in [-0.25, -0.2) is 9.78 Å². The van der Waals surface area contributed by atoms with Gasteiger partial charge in [-0.1, -0.05) is 0 Å². The first kappa shape index (κ1) is 20.5. The number of ether oxygens (including phenoxy) is 2. The Morgan fingerprint density at radius 2 is 1.97 bits per heavy atom. The Bertz CT molecular complexity index is 1060. The van der Waals surface area contributed by atoms with Gasteiger partial charge in [0.25, 0.3) is 0 Å². The fourth-order valence-corrected chi connectivity index (χ4v) is 2.60. The van der Waals surface area contributed by atoms with Crippen molar-refractivity contribution in [1.29, 1.82) is 0 Å². The average molecular weight is 409 g/mol. The van der Waals surface area contributed by atoms with Crippen LogP contribution in [-0.2, 0) is 9.53 Å². The van der Waals surface area contributed by atoms with Gasteiger partial charge in [-0.2, -0.15) is 4.98 Å². The number of carboxylic acid groups (broad SMARTS) is 1. The molecule has 0 saturated carbocycles. The van der Waals surface area contributed by atoms with Crippen LogP contribution in [0.15, 0.2) is 48.8 Å². The molecule has 3 N–H and O–H groups in total. The van der Waals surface area contributed by atoms with Crippen LogP contribution in [-0.4, -0.2) is 52.8 Å². The zero-order valence-electron chi connectivity index (χ0n) is 16.2. The molecule has 2 heterocycles. The number of aliphatic carboxylic acids is 1. The smallest absolute Gasteiger partial charge is 0.341 e. The number of hydrogen-bond acceptors (Lipinski definition) is 9. The van der Waals surface area contributed by atoms with Crippen LogP contribution in [0.5, 0.6) is 5.75 Å². The first-order valence-corrected chi connectivity index (χ1v) is 8.78. The van der Waals surface area contributed by atoms with E-state index in [0.29, 0.717) is 22.9 Å². The van der Waals surface area contributed by atoms with Gasteiger partial charge in [-0.3, -0.25) is 9.78 Å². The summed E-state index contributed by atoms with van der Waals surface area (Å²) in [6, 6.07) is 10.2. The lowest BCUT2D eigenvalue weighted by atomic mass is 10.1. The standard InChI is InChI=1S/C20H19N5O5/c1-29-16-8-13(5-6-14(16)19(28)30-2)23-17-9-15(12-4-3-7-21-10-12)24-20(25-17)22-11-18(26)27/h3-10H,11H2,1-2H3,(H,26,27)(H2,22,23,24,25). The molecule has 0 amide bonds. The second-order valence-corrected chi connectivity index (χ2v) is 5.98. The van der Waals surface area contributed by atoms with Crippen LogP contribution in [0, 0.1) is 0 Å². The molecule has 0 saturated heterocycles. The maximum atomic E-state index is 11.8. The van der Waals surface area contributed by atoms with Crippen molar-refractivity contribution in [3.63, 3.8) is 0 Å². The molecule has 154 valence electrons. The summed E-state index contributed by atoms with van der Waals surface area (Å²) in [5.74, 6) is -0.677. The number of nitrogens with one attached hydrogen (secondary N) is 2. The molecule has 0 spiro atoms. The van der Waals surface area contributed by atoms with Crippen molar-refractivity contribution in [2.75, 3.05) is 31.4 Å². The number of methoxy groups -OCH3 is 2. The van der Waals surface area contributed by atoms with Gasteiger partial charge in [0, 0.05) is 35.8 Å². The number of carbonyl (C=O) groups is 2. The number of anilines is 3. The summed E-state index contributed by atoms with van der Waals surface area (Å²) in [5.41, 5.74) is 2.17. The van der Waals surface area contributed by atoms with E-state index in [1.54, 1.807) is 42.7 Å². The molecule has 3 rings (SSSR count). The van der Waals surface area contributed by atoms with E-state index in [2.05, 4.69) is 25.6 Å². The van der Waals surface area contributed by atoms with E-state index in [4.69, 9.17) is 14.6 Å². The highest BCUT2D eigenvalue weighted by Crippen LogP contribution is 2.27. The number of nitrogens with zero attached hydrogens (tertiary/aromatic N) is 3. The Balaban J connectivity index is 1.95. The first-order valence-electron chi connectivity index (χ1n) is 8.78. The topological polar surface area (TPSA) is 136 Å². The highest BCUT2D eigenvalue weighted by atomic mass is 16.5. The van der Waals surface area contributed by atoms with E-state index in [-0.39, 0.29) is 18.1 Å². The quantitative estimate of drug-likeness (QED) is 0.476. The van der Waals surface area contributed by atoms with Crippen molar-refractivity contribution in [3.05, 3.63) is 54.4 Å². The third kappa shape index (κ3) is 4.98. The van der Waals surface area contributed by atoms with Gasteiger partial charge >= 0.3 is 11.9 Å². The molecule has 3 aromatic rings. The molecule has 0 radical (unpaired) electrons. The molecule has 0 bridgehead atoms. The van der Waals surface area contributed by atoms with E-state index in [0.717, 1.165) is 5.56 Å². The van der Waals surface area contributed by atoms with E-state index in [9.17, 15) is 9.59 Å². The predicted molar refractivity (Wildman–Crippen MR) is 109 cm³/mol. The summed E-state index contributed by atoms with van der Waals surface area (Å²) in [6.07, 6.45) is 3.28. The number of rotatable bonds is 8. The van der Waals surface area contributed by atoms with Crippen LogP contribution in [0.4, 0.5) is 17.5 Å². The number of hydrogen-bond donors (Lipinski definition) is 3. The monoisotopic (exact) mass is 409 g/mol. The van der Waals surface area contributed by atoms with E-state index < -0.39 is 11.9 Å². The third-order valence-corrected chi connectivity index (χ3v) is 3.96. The summed E-state index contributed by atoms with van der Waals surface area (Å²) in [6.45, 7) is -0.336. The molecule has 0 aliphatic heterocycles. The van der Waals surface area contributed by atoms with E-state index in [1.807, 2.05) is 6.07 Å². The molecule has 0 atom stereocenters. The molecule has 2 aromatic heterocycles. The average Bonchev–Trinajstić information content (AvgIpc) is 2.77. The number of benzene rings is 1. The van der Waals surface area contributed by atoms with Crippen LogP contribution >= 0.6 is 0 Å². The van der Waals surface area contributed by atoms with Crippen molar-refractivity contribution in [1.82, 2.24) is 15.0 Å². The molecule has 30 heavy (non-hydrogen) atoms. The molecular weight excluding hydrogens is 390 g/mol. The van der Waals surface area contributed by atoms with Gasteiger partial charge in [0.05, 0.1) is 19.9 Å². The Hall–Kier alpha value is -4.21. The molecule has 0 unspecified atom stereocenters. The fourth-order valence-electron chi connectivity index (χ4n) is 2.60. The summed E-state index contributed by atoms with van der Waals surface area (Å²) >= 11 is 0. The lowest BCUT2D eigenvalue weighted by Gasteiger charge is -2.13. The summed E-state index contributed by atoms with van der Waals surface area (Å²) in [5, 5.41) is 14.7. The summed E-state index contributed by atoms with van der Waals surface area (Å²) in [7, 11) is 2.74. The Morgan fingerprint density at radius 1 is 1.13 bits per heavy atom. The number of esters is 1. The normalized spacial score (nSPS) is 10.2. The largest absolute Gasteiger partial charge is 0.496 e. The minimum Gasteiger partial charge on any atom is -0.496 e. The van der Waals surface area contributed by atoms with Gasteiger partial charge in [0.1, 0.15) is 23.7 Å². The molecule has 0 aliphatic rings. The maximum Gasteiger partial charge on any atom is 0.341 e. The Morgan fingerprint density at radius 3 is 2.63 bits per heavy atom. The number of carboxylic acids is 1. The van der Waals surface area contributed by atoms with Gasteiger partial charge in [-0.15, -0.1) is 0 Å². The van der Waals surface area contributed by atoms with Gasteiger partial charge in [-0.05, 0) is 24.3 Å². The van der Waals surface area contributed by atoms with Crippen molar-refractivity contribution < 1.29 is 24.2 Å². The van der Waals surface area contributed by atoms with Crippen molar-refractivity contribution in [3.8, 4) is 17.0 Å². The molecule has 10 heteroatoms. The van der Waals surface area contributed by atoms with Gasteiger partial charge in [0.15, 0.2) is 0 Å². The third-order valence-electron chi connectivity index (χ3n) is 3.96. The van der Waals surface area contributed by atoms with Crippen LogP contribution in [0.25, 0.3) is 11.3 Å². The SMILES string of the molecule is COC(=O)c1ccc(Nc2cc(-c3cccnc3)nc(NCC(=O)O)n2)cc1OC. The zero-order chi connectivity index (χ0) is 21.5. The Labute approximate surface area is 171 Å². The fraction of sp³-hybridized carbons (Fsp3) is 0.150. The molecule has 0 fully saturated rings. The van der Waals surface area contributed by atoms with Crippen LogP contribution in [0.3, 0.4) is 0 Å². The molecular formula is C20H19N5O5. The first-order chi connectivity index (χ1) is 14.5. The number of carbonyl (C=O) groups excluding carboxylic acids is 1. The Kier molecular flexibility index (Phi) is 6.38. The van der Waals surface area contributed by atoms with Crippen LogP contribution in [0.1, 0.15) is 10.4 Å². The maximum absolute atomic E-state index is 11.8. The highest BCUT2D eigenvalue weighted by molar-refractivity contribution is 5.93. The van der Waals surface area contributed by atoms with Crippen LogP contribution < -0.4 is 15.4 Å². The van der Waals surface area contributed by atoms with Gasteiger partial charge < -0.3 is 25.2 Å². The summed E-state index contributed by atoms with van der Waals surface area (Å²) < 4.78 is 10.0. The highest BCUT2D eigenvalue weighted by Gasteiger charge is 2.14. The number of pyridine rings is 1. The number of aromatic nitrogens is 3. The minimum absolute atomic E-state index is 0.138. The van der Waals surface area contributed by atoms with Crippen molar-refractivity contribution in [2.45, 2.75) is 0 Å². The second kappa shape index (κ2) is 9.32. The minimum atomic E-state index is -1.04. The lowest BCUT2D eigenvalue weighted by molar-refractivity contribution is -0.134. The molecule has 1 aromatic carbocycles. The van der Waals surface area contributed by atoms with Gasteiger partial charge in [0.2, 0.25) is 5.95 Å². The second-order valence-electron chi connectivity index (χ2n) is 5.98. The zero-order valence-corrected chi connectivity index (χ0v) is 16.2. The molecule has 10 nitrogen and oxygen atoms in total. The van der Waals surface area contributed by atoms with Crippen molar-refractivity contribution in [2.24, 2.45) is 0 Å². The summed E-state index contributed by atoms with van der Waals surface area (Å²) in [4.78, 5) is 35.5.